The molecule has 1 fully saturated rings. The van der Waals surface area contributed by atoms with Gasteiger partial charge in [0.15, 0.2) is 0 Å². The molecule has 1 saturated carbocycles. The summed E-state index contributed by atoms with van der Waals surface area (Å²) in [5, 5.41) is 0. The van der Waals surface area contributed by atoms with Crippen molar-refractivity contribution >= 4 is 0 Å². The molecular weight excluding hydrogens is 362 g/mol. The Balaban J connectivity index is 1.59. The van der Waals surface area contributed by atoms with Crippen LogP contribution in [0, 0.1) is 11.7 Å². The summed E-state index contributed by atoms with van der Waals surface area (Å²) < 4.78 is 53.7. The molecule has 1 aliphatic carbocycles. The number of nitrogens with zero attached hydrogens (tertiary/aromatic N) is 2. The number of nitrogens with one attached hydrogen (secondary N) is 1. The first-order valence-corrected chi connectivity index (χ1v) is 8.99. The third kappa shape index (κ3) is 3.90. The van der Waals surface area contributed by atoms with Crippen LogP contribution in [-0.2, 0) is 32.1 Å². The smallest absolute Gasteiger partial charge is 0.310 e. The van der Waals surface area contributed by atoms with Gasteiger partial charge in [-0.15, -0.1) is 0 Å². The molecule has 2 aromatic rings. The van der Waals surface area contributed by atoms with E-state index >= 15 is 0 Å². The molecule has 0 saturated heterocycles. The molecule has 144 valence electrons. The van der Waals surface area contributed by atoms with E-state index in [1.807, 2.05) is 0 Å². The highest BCUT2D eigenvalue weighted by molar-refractivity contribution is 5.31. The van der Waals surface area contributed by atoms with Crippen LogP contribution in [0.25, 0.3) is 0 Å². The maximum Gasteiger partial charge on any atom is 0.416 e. The molecule has 1 N–H and O–H groups in total. The first-order valence-electron chi connectivity index (χ1n) is 8.99. The van der Waals surface area contributed by atoms with E-state index in [-0.39, 0.29) is 24.2 Å². The second kappa shape index (κ2) is 6.74. The van der Waals surface area contributed by atoms with Crippen molar-refractivity contribution in [3.05, 3.63) is 62.6 Å². The monoisotopic (exact) mass is 381 g/mol. The van der Waals surface area contributed by atoms with E-state index in [0.29, 0.717) is 42.4 Å². The van der Waals surface area contributed by atoms with Crippen LogP contribution in [0.15, 0.2) is 23.0 Å². The van der Waals surface area contributed by atoms with Crippen LogP contribution in [0.1, 0.15) is 41.1 Å². The number of aromatic amines is 1. The minimum absolute atomic E-state index is 0.169. The highest BCUT2D eigenvalue weighted by atomic mass is 19.4. The van der Waals surface area contributed by atoms with E-state index in [0.717, 1.165) is 31.0 Å². The lowest BCUT2D eigenvalue weighted by atomic mass is 10.0. The number of halogens is 4. The number of fused-ring (bicyclic) bond motifs is 1. The fourth-order valence-corrected chi connectivity index (χ4v) is 3.58. The molecule has 27 heavy (non-hydrogen) atoms. The van der Waals surface area contributed by atoms with Crippen molar-refractivity contribution in [1.29, 1.82) is 0 Å². The molecule has 4 nitrogen and oxygen atoms in total. The van der Waals surface area contributed by atoms with Gasteiger partial charge in [-0.2, -0.15) is 13.2 Å². The summed E-state index contributed by atoms with van der Waals surface area (Å²) >= 11 is 0. The average Bonchev–Trinajstić information content (AvgIpc) is 3.39. The minimum atomic E-state index is -4.61. The van der Waals surface area contributed by atoms with Crippen LogP contribution in [0.4, 0.5) is 17.6 Å². The lowest BCUT2D eigenvalue weighted by Crippen LogP contribution is -2.36. The Morgan fingerprint density at radius 1 is 1.26 bits per heavy atom. The Morgan fingerprint density at radius 2 is 2.04 bits per heavy atom. The number of hydrogen-bond donors (Lipinski definition) is 1. The van der Waals surface area contributed by atoms with Gasteiger partial charge in [0.2, 0.25) is 0 Å². The molecule has 8 heteroatoms. The lowest BCUT2D eigenvalue weighted by molar-refractivity contribution is -0.138. The largest absolute Gasteiger partial charge is 0.416 e. The number of aromatic nitrogens is 2. The van der Waals surface area contributed by atoms with E-state index in [2.05, 4.69) is 9.97 Å². The van der Waals surface area contributed by atoms with Gasteiger partial charge in [0, 0.05) is 37.2 Å². The van der Waals surface area contributed by atoms with Crippen molar-refractivity contribution in [3.8, 4) is 0 Å². The Kier molecular flexibility index (Phi) is 4.53. The second-order valence-electron chi connectivity index (χ2n) is 7.31. The van der Waals surface area contributed by atoms with Crippen LogP contribution in [-0.4, -0.2) is 21.4 Å². The maximum atomic E-state index is 14.1. The minimum Gasteiger partial charge on any atom is -0.310 e. The van der Waals surface area contributed by atoms with E-state index in [1.54, 1.807) is 4.90 Å². The standard InChI is InChI=1S/C19H19F4N3O/c20-15-3-1-2-14(19(21,22)23)13(15)9-26-7-6-12-16(10-26)24-17(25-18(12)27)8-11-4-5-11/h1-3,11H,4-10H2,(H,24,25,27). The summed E-state index contributed by atoms with van der Waals surface area (Å²) in [6, 6.07) is 3.00. The number of H-pyrrole nitrogens is 1. The fraction of sp³-hybridized carbons (Fsp3) is 0.474. The molecule has 1 aromatic heterocycles. The predicted molar refractivity (Wildman–Crippen MR) is 90.5 cm³/mol. The van der Waals surface area contributed by atoms with Crippen LogP contribution in [0.3, 0.4) is 0 Å². The van der Waals surface area contributed by atoms with Crippen molar-refractivity contribution in [2.24, 2.45) is 5.92 Å². The molecule has 2 aliphatic rings. The van der Waals surface area contributed by atoms with Crippen LogP contribution in [0.5, 0.6) is 0 Å². The highest BCUT2D eigenvalue weighted by Gasteiger charge is 2.35. The molecule has 0 unspecified atom stereocenters. The van der Waals surface area contributed by atoms with Gasteiger partial charge < -0.3 is 4.98 Å². The first-order chi connectivity index (χ1) is 12.8. The SMILES string of the molecule is O=c1[nH]c(CC2CC2)nc2c1CCN(Cc1c(F)cccc1C(F)(F)F)C2. The zero-order valence-corrected chi connectivity index (χ0v) is 14.6. The predicted octanol–water partition coefficient (Wildman–Crippen LogP) is 3.44. The fourth-order valence-electron chi connectivity index (χ4n) is 3.58. The Hall–Kier alpha value is -2.22. The van der Waals surface area contributed by atoms with Gasteiger partial charge in [0.1, 0.15) is 11.6 Å². The summed E-state index contributed by atoms with van der Waals surface area (Å²) in [7, 11) is 0. The summed E-state index contributed by atoms with van der Waals surface area (Å²) in [6.45, 7) is 0.446. The quantitative estimate of drug-likeness (QED) is 0.826. The first kappa shape index (κ1) is 18.2. The van der Waals surface area contributed by atoms with Crippen LogP contribution >= 0.6 is 0 Å². The van der Waals surface area contributed by atoms with Gasteiger partial charge in [-0.25, -0.2) is 9.37 Å². The maximum absolute atomic E-state index is 14.1. The van der Waals surface area contributed by atoms with Gasteiger partial charge in [0.25, 0.3) is 5.56 Å². The van der Waals surface area contributed by atoms with Gasteiger partial charge in [0.05, 0.1) is 11.3 Å². The van der Waals surface area contributed by atoms with Gasteiger partial charge in [-0.3, -0.25) is 9.69 Å². The third-order valence-corrected chi connectivity index (χ3v) is 5.19. The molecule has 0 radical (unpaired) electrons. The zero-order chi connectivity index (χ0) is 19.2. The van der Waals surface area contributed by atoms with Gasteiger partial charge in [-0.05, 0) is 37.3 Å². The molecule has 2 heterocycles. The van der Waals surface area contributed by atoms with Crippen molar-refractivity contribution in [1.82, 2.24) is 14.9 Å². The summed E-state index contributed by atoms with van der Waals surface area (Å²) in [5.41, 5.74) is -0.323. The highest BCUT2D eigenvalue weighted by Crippen LogP contribution is 2.34. The molecular formula is C19H19F4N3O. The molecule has 0 bridgehead atoms. The Morgan fingerprint density at radius 3 is 2.74 bits per heavy atom. The number of benzene rings is 1. The molecule has 4 rings (SSSR count). The molecule has 1 aliphatic heterocycles. The number of hydrogen-bond acceptors (Lipinski definition) is 3. The van der Waals surface area contributed by atoms with Crippen LogP contribution < -0.4 is 5.56 Å². The Bertz CT molecular complexity index is 918. The van der Waals surface area contributed by atoms with E-state index in [1.165, 1.54) is 0 Å². The molecule has 0 atom stereocenters. The van der Waals surface area contributed by atoms with E-state index in [4.69, 9.17) is 0 Å². The van der Waals surface area contributed by atoms with Gasteiger partial charge in [-0.1, -0.05) is 6.07 Å². The molecule has 0 spiro atoms. The van der Waals surface area contributed by atoms with Crippen molar-refractivity contribution < 1.29 is 17.6 Å². The summed E-state index contributed by atoms with van der Waals surface area (Å²) in [4.78, 5) is 21.3. The number of alkyl halides is 3. The lowest BCUT2D eigenvalue weighted by Gasteiger charge is -2.28. The van der Waals surface area contributed by atoms with Crippen molar-refractivity contribution in [3.63, 3.8) is 0 Å². The Labute approximate surface area is 153 Å². The van der Waals surface area contributed by atoms with Crippen molar-refractivity contribution in [2.75, 3.05) is 6.54 Å². The number of rotatable bonds is 4. The van der Waals surface area contributed by atoms with E-state index in [9.17, 15) is 22.4 Å². The van der Waals surface area contributed by atoms with E-state index < -0.39 is 17.6 Å². The van der Waals surface area contributed by atoms with Crippen molar-refractivity contribution in [2.45, 2.75) is 44.9 Å². The topological polar surface area (TPSA) is 49.0 Å². The second-order valence-corrected chi connectivity index (χ2v) is 7.31. The zero-order valence-electron chi connectivity index (χ0n) is 14.6. The molecule has 1 aromatic carbocycles. The normalized spacial score (nSPS) is 17.8. The molecule has 0 amide bonds. The third-order valence-electron chi connectivity index (χ3n) is 5.19. The average molecular weight is 381 g/mol. The summed E-state index contributed by atoms with van der Waals surface area (Å²) in [6.07, 6.45) is -1.26. The summed E-state index contributed by atoms with van der Waals surface area (Å²) in [5.74, 6) is 0.313. The van der Waals surface area contributed by atoms with Crippen LogP contribution in [0.2, 0.25) is 0 Å². The van der Waals surface area contributed by atoms with Gasteiger partial charge >= 0.3 is 6.18 Å².